The van der Waals surface area contributed by atoms with Crippen LogP contribution >= 0.6 is 23.2 Å². The fraction of sp³-hybridized carbons (Fsp3) is 0. The second kappa shape index (κ2) is 9.09. The molecule has 3 nitrogen and oxygen atoms in total. The van der Waals surface area contributed by atoms with Crippen LogP contribution in [0.15, 0.2) is 96.2 Å². The summed E-state index contributed by atoms with van der Waals surface area (Å²) in [7, 11) is 0. The van der Waals surface area contributed by atoms with Crippen molar-refractivity contribution < 1.29 is 9.47 Å². The molecule has 0 aliphatic rings. The molecule has 3 rings (SSSR count). The van der Waals surface area contributed by atoms with E-state index in [1.807, 2.05) is 60.7 Å². The molecule has 3 aromatic carbocycles. The molecule has 0 N–H and O–H groups in total. The lowest BCUT2D eigenvalue weighted by molar-refractivity contribution is 0.479. The molecule has 0 bridgehead atoms. The van der Waals surface area contributed by atoms with Crippen molar-refractivity contribution in [3.63, 3.8) is 0 Å². The minimum Gasteiger partial charge on any atom is -0.465 e. The van der Waals surface area contributed by atoms with E-state index < -0.39 is 0 Å². The second-order valence-corrected chi connectivity index (χ2v) is 6.10. The summed E-state index contributed by atoms with van der Waals surface area (Å²) in [6.07, 6.45) is 3.15. The second-order valence-electron chi connectivity index (χ2n) is 5.23. The Morgan fingerprint density at radius 2 is 1.35 bits per heavy atom. The molecule has 0 amide bonds. The molecular formula is C21H15Cl2NO2. The van der Waals surface area contributed by atoms with Crippen molar-refractivity contribution in [1.82, 2.24) is 0 Å². The minimum absolute atomic E-state index is 0.338. The SMILES string of the molecule is Clc1cc(Cl)cc(N=C(C=COc2ccccc2)Oc2ccccc2)c1. The molecule has 0 spiro atoms. The highest BCUT2D eigenvalue weighted by atomic mass is 35.5. The summed E-state index contributed by atoms with van der Waals surface area (Å²) in [6, 6.07) is 23.8. The number of ether oxygens (including phenoxy) is 2. The van der Waals surface area contributed by atoms with Crippen LogP contribution in [0.5, 0.6) is 11.5 Å². The maximum absolute atomic E-state index is 6.04. The fourth-order valence-electron chi connectivity index (χ4n) is 2.10. The standard InChI is InChI=1S/C21H15Cl2NO2/c22-16-13-17(23)15-18(14-16)24-21(26-20-9-5-2-6-10-20)11-12-25-19-7-3-1-4-8-19/h1-15H. The van der Waals surface area contributed by atoms with Gasteiger partial charge in [0.25, 0.3) is 0 Å². The third-order valence-electron chi connectivity index (χ3n) is 3.21. The third-order valence-corrected chi connectivity index (χ3v) is 3.65. The van der Waals surface area contributed by atoms with Crippen LogP contribution < -0.4 is 9.47 Å². The summed E-state index contributed by atoms with van der Waals surface area (Å²) in [5.74, 6) is 1.71. The molecule has 0 saturated carbocycles. The number of halogens is 2. The van der Waals surface area contributed by atoms with Crippen molar-refractivity contribution in [3.05, 3.63) is 101 Å². The van der Waals surface area contributed by atoms with Gasteiger partial charge in [0.15, 0.2) is 0 Å². The molecule has 0 heterocycles. The third kappa shape index (κ3) is 5.66. The van der Waals surface area contributed by atoms with Gasteiger partial charge in [-0.15, -0.1) is 0 Å². The van der Waals surface area contributed by atoms with Crippen molar-refractivity contribution in [1.29, 1.82) is 0 Å². The number of aliphatic imine (C=N–C) groups is 1. The van der Waals surface area contributed by atoms with Crippen molar-refractivity contribution in [2.75, 3.05) is 0 Å². The van der Waals surface area contributed by atoms with Gasteiger partial charge in [0.2, 0.25) is 5.90 Å². The maximum Gasteiger partial charge on any atom is 0.222 e. The van der Waals surface area contributed by atoms with Crippen LogP contribution in [0.1, 0.15) is 0 Å². The Morgan fingerprint density at radius 3 is 1.96 bits per heavy atom. The van der Waals surface area contributed by atoms with Crippen LogP contribution in [-0.4, -0.2) is 5.90 Å². The van der Waals surface area contributed by atoms with Crippen LogP contribution in [0.3, 0.4) is 0 Å². The van der Waals surface area contributed by atoms with Gasteiger partial charge in [0, 0.05) is 16.1 Å². The van der Waals surface area contributed by atoms with E-state index in [9.17, 15) is 0 Å². The van der Waals surface area contributed by atoms with E-state index in [1.54, 1.807) is 24.3 Å². The molecule has 0 unspecified atom stereocenters. The molecule has 0 aliphatic carbocycles. The Labute approximate surface area is 162 Å². The molecule has 26 heavy (non-hydrogen) atoms. The Morgan fingerprint density at radius 1 is 0.769 bits per heavy atom. The highest BCUT2D eigenvalue weighted by Gasteiger charge is 2.03. The highest BCUT2D eigenvalue weighted by molar-refractivity contribution is 6.35. The van der Waals surface area contributed by atoms with Crippen LogP contribution in [0.2, 0.25) is 10.0 Å². The van der Waals surface area contributed by atoms with E-state index in [0.717, 1.165) is 0 Å². The zero-order valence-corrected chi connectivity index (χ0v) is 15.2. The van der Waals surface area contributed by atoms with E-state index in [-0.39, 0.29) is 0 Å². The van der Waals surface area contributed by atoms with Crippen LogP contribution in [0.4, 0.5) is 5.69 Å². The van der Waals surface area contributed by atoms with E-state index in [4.69, 9.17) is 32.7 Å². The van der Waals surface area contributed by atoms with Gasteiger partial charge >= 0.3 is 0 Å². The Balaban J connectivity index is 1.84. The molecule has 5 heteroatoms. The zero-order valence-electron chi connectivity index (χ0n) is 13.7. The van der Waals surface area contributed by atoms with E-state index in [2.05, 4.69) is 4.99 Å². The molecule has 0 aromatic heterocycles. The lowest BCUT2D eigenvalue weighted by Crippen LogP contribution is -2.05. The molecular weight excluding hydrogens is 369 g/mol. The summed E-state index contributed by atoms with van der Waals surface area (Å²) in [5, 5.41) is 1.000. The van der Waals surface area contributed by atoms with Gasteiger partial charge in [-0.2, -0.15) is 0 Å². The van der Waals surface area contributed by atoms with Gasteiger partial charge in [-0.25, -0.2) is 4.99 Å². The predicted molar refractivity (Wildman–Crippen MR) is 107 cm³/mol. The largest absolute Gasteiger partial charge is 0.465 e. The summed E-state index contributed by atoms with van der Waals surface area (Å²) < 4.78 is 11.4. The molecule has 0 fully saturated rings. The molecule has 0 aliphatic heterocycles. The predicted octanol–water partition coefficient (Wildman–Crippen LogP) is 6.70. The van der Waals surface area contributed by atoms with Gasteiger partial charge < -0.3 is 9.47 Å². The minimum atomic E-state index is 0.338. The monoisotopic (exact) mass is 383 g/mol. The fourth-order valence-corrected chi connectivity index (χ4v) is 2.62. The van der Waals surface area contributed by atoms with Crippen LogP contribution in [0.25, 0.3) is 0 Å². The maximum atomic E-state index is 6.04. The first-order chi connectivity index (χ1) is 12.7. The summed E-state index contributed by atoms with van der Waals surface area (Å²) in [6.45, 7) is 0. The lowest BCUT2D eigenvalue weighted by atomic mass is 10.3. The number of rotatable bonds is 5. The summed E-state index contributed by atoms with van der Waals surface area (Å²) >= 11 is 12.1. The van der Waals surface area contributed by atoms with Crippen LogP contribution in [0, 0.1) is 0 Å². The van der Waals surface area contributed by atoms with Gasteiger partial charge in [-0.05, 0) is 42.5 Å². The number of nitrogens with zero attached hydrogens (tertiary/aromatic N) is 1. The normalized spacial score (nSPS) is 11.5. The molecule has 0 atom stereocenters. The quantitative estimate of drug-likeness (QED) is 0.279. The van der Waals surface area contributed by atoms with Gasteiger partial charge in [0.1, 0.15) is 11.5 Å². The highest BCUT2D eigenvalue weighted by Crippen LogP contribution is 2.25. The molecule has 0 radical (unpaired) electrons. The average Bonchev–Trinajstić information content (AvgIpc) is 2.62. The van der Waals surface area contributed by atoms with E-state index in [0.29, 0.717) is 33.1 Å². The van der Waals surface area contributed by atoms with E-state index >= 15 is 0 Å². The number of hydrogen-bond acceptors (Lipinski definition) is 3. The van der Waals surface area contributed by atoms with Crippen molar-refractivity contribution in [2.24, 2.45) is 4.99 Å². The first-order valence-electron chi connectivity index (χ1n) is 7.85. The van der Waals surface area contributed by atoms with Crippen molar-refractivity contribution in [3.8, 4) is 11.5 Å². The first-order valence-corrected chi connectivity index (χ1v) is 8.60. The Bertz CT molecular complexity index is 890. The Hall–Kier alpha value is -2.75. The number of para-hydroxylation sites is 2. The van der Waals surface area contributed by atoms with E-state index in [1.165, 1.54) is 6.26 Å². The van der Waals surface area contributed by atoms with Crippen molar-refractivity contribution >= 4 is 34.8 Å². The van der Waals surface area contributed by atoms with Gasteiger partial charge in [-0.3, -0.25) is 0 Å². The number of benzene rings is 3. The molecule has 0 saturated heterocycles. The molecule has 3 aromatic rings. The summed E-state index contributed by atoms with van der Waals surface area (Å²) in [5.41, 5.74) is 0.581. The van der Waals surface area contributed by atoms with Crippen molar-refractivity contribution in [2.45, 2.75) is 0 Å². The summed E-state index contributed by atoms with van der Waals surface area (Å²) in [4.78, 5) is 4.47. The first kappa shape index (κ1) is 18.1. The zero-order chi connectivity index (χ0) is 18.2. The smallest absolute Gasteiger partial charge is 0.222 e. The average molecular weight is 384 g/mol. The van der Waals surface area contributed by atoms with Crippen LogP contribution in [-0.2, 0) is 0 Å². The van der Waals surface area contributed by atoms with Gasteiger partial charge in [0.05, 0.1) is 11.9 Å². The van der Waals surface area contributed by atoms with Gasteiger partial charge in [-0.1, -0.05) is 59.6 Å². The lowest BCUT2D eigenvalue weighted by Gasteiger charge is -2.06. The Kier molecular flexibility index (Phi) is 6.31. The topological polar surface area (TPSA) is 30.8 Å². The molecule has 130 valence electrons. The number of hydrogen-bond donors (Lipinski definition) is 0.